The second-order valence-corrected chi connectivity index (χ2v) is 3.93. The number of carbonyl (C=O) groups is 1. The monoisotopic (exact) mass is 226 g/mol. The number of carboxylic acid groups (broad SMARTS) is 1. The number of carboxylic acids is 1. The molecular formula is C11H14O3S. The Morgan fingerprint density at radius 2 is 1.93 bits per heavy atom. The van der Waals surface area contributed by atoms with Gasteiger partial charge in [-0.2, -0.15) is 12.6 Å². The Morgan fingerprint density at radius 1 is 1.40 bits per heavy atom. The fraction of sp³-hybridized carbons (Fsp3) is 0.364. The normalized spacial score (nSPS) is 12.4. The van der Waals surface area contributed by atoms with Gasteiger partial charge in [0.2, 0.25) is 0 Å². The van der Waals surface area contributed by atoms with E-state index in [-0.39, 0.29) is 0 Å². The lowest BCUT2D eigenvalue weighted by Gasteiger charge is -2.06. The maximum absolute atomic E-state index is 10.6. The predicted octanol–water partition coefficient (Wildman–Crippen LogP) is 1.76. The summed E-state index contributed by atoms with van der Waals surface area (Å²) >= 11 is 3.98. The molecule has 4 heteroatoms. The van der Waals surface area contributed by atoms with Gasteiger partial charge in [0.15, 0.2) is 0 Å². The summed E-state index contributed by atoms with van der Waals surface area (Å²) in [6.07, 6.45) is 0.436. The molecule has 1 aromatic carbocycles. The van der Waals surface area contributed by atoms with E-state index >= 15 is 0 Å². The molecule has 0 amide bonds. The molecule has 0 aliphatic rings. The van der Waals surface area contributed by atoms with E-state index in [4.69, 9.17) is 9.84 Å². The highest BCUT2D eigenvalue weighted by molar-refractivity contribution is 7.81. The molecule has 0 bridgehead atoms. The van der Waals surface area contributed by atoms with Crippen LogP contribution in [0.4, 0.5) is 0 Å². The Hall–Kier alpha value is -1.00. The Bertz CT molecular complexity index is 321. The summed E-state index contributed by atoms with van der Waals surface area (Å²) in [7, 11) is 1.64. The summed E-state index contributed by atoms with van der Waals surface area (Å²) in [5.74, 6) is -0.890. The summed E-state index contributed by atoms with van der Waals surface area (Å²) in [5, 5.41) is 8.05. The zero-order chi connectivity index (χ0) is 11.3. The van der Waals surface area contributed by atoms with Crippen molar-refractivity contribution in [2.24, 2.45) is 0 Å². The average Bonchev–Trinajstić information content (AvgIpc) is 2.21. The molecule has 1 rings (SSSR count). The average molecular weight is 226 g/mol. The number of thiol groups is 1. The van der Waals surface area contributed by atoms with Gasteiger partial charge in [0.05, 0.1) is 6.61 Å². The summed E-state index contributed by atoms with van der Waals surface area (Å²) < 4.78 is 4.98. The molecule has 0 radical (unpaired) electrons. The van der Waals surface area contributed by atoms with Crippen LogP contribution in [0, 0.1) is 0 Å². The van der Waals surface area contributed by atoms with Crippen LogP contribution >= 0.6 is 12.6 Å². The van der Waals surface area contributed by atoms with Gasteiger partial charge in [-0.05, 0) is 17.5 Å². The first-order valence-corrected chi connectivity index (χ1v) is 5.12. The van der Waals surface area contributed by atoms with E-state index < -0.39 is 11.2 Å². The van der Waals surface area contributed by atoms with Crippen LogP contribution in [0.3, 0.4) is 0 Å². The molecule has 15 heavy (non-hydrogen) atoms. The van der Waals surface area contributed by atoms with E-state index in [0.717, 1.165) is 11.1 Å². The van der Waals surface area contributed by atoms with Gasteiger partial charge in [-0.1, -0.05) is 24.3 Å². The third-order valence-corrected chi connectivity index (χ3v) is 2.45. The molecule has 1 atom stereocenters. The fourth-order valence-electron chi connectivity index (χ4n) is 1.25. The summed E-state index contributed by atoms with van der Waals surface area (Å²) in [4.78, 5) is 10.6. The molecule has 0 heterocycles. The second-order valence-electron chi connectivity index (χ2n) is 3.31. The molecule has 0 saturated carbocycles. The maximum atomic E-state index is 10.6. The first kappa shape index (κ1) is 12.1. The molecule has 0 aliphatic heterocycles. The van der Waals surface area contributed by atoms with Crippen molar-refractivity contribution in [1.29, 1.82) is 0 Å². The topological polar surface area (TPSA) is 46.5 Å². The lowest BCUT2D eigenvalue weighted by molar-refractivity contribution is -0.136. The zero-order valence-electron chi connectivity index (χ0n) is 8.51. The van der Waals surface area contributed by atoms with Crippen molar-refractivity contribution < 1.29 is 14.6 Å². The van der Waals surface area contributed by atoms with Crippen LogP contribution < -0.4 is 0 Å². The Morgan fingerprint density at radius 3 is 2.40 bits per heavy atom. The zero-order valence-corrected chi connectivity index (χ0v) is 9.41. The molecule has 1 aromatic rings. The predicted molar refractivity (Wildman–Crippen MR) is 61.3 cm³/mol. The SMILES string of the molecule is COCc1ccc(CC(S)C(=O)O)cc1. The van der Waals surface area contributed by atoms with Gasteiger partial charge >= 0.3 is 5.97 Å². The van der Waals surface area contributed by atoms with Crippen molar-refractivity contribution >= 4 is 18.6 Å². The summed E-state index contributed by atoms with van der Waals surface area (Å²) in [5.41, 5.74) is 2.05. The van der Waals surface area contributed by atoms with Crippen molar-refractivity contribution in [3.05, 3.63) is 35.4 Å². The number of ether oxygens (including phenoxy) is 1. The Labute approximate surface area is 94.5 Å². The third-order valence-electron chi connectivity index (χ3n) is 2.05. The minimum atomic E-state index is -0.890. The molecule has 82 valence electrons. The summed E-state index contributed by atoms with van der Waals surface area (Å²) in [6, 6.07) is 7.67. The van der Waals surface area contributed by atoms with Crippen LogP contribution in [0.2, 0.25) is 0 Å². The number of benzene rings is 1. The van der Waals surface area contributed by atoms with Crippen molar-refractivity contribution in [3.8, 4) is 0 Å². The van der Waals surface area contributed by atoms with Crippen molar-refractivity contribution in [2.45, 2.75) is 18.3 Å². The fourth-order valence-corrected chi connectivity index (χ4v) is 1.46. The van der Waals surface area contributed by atoms with Gasteiger partial charge in [0.1, 0.15) is 5.25 Å². The maximum Gasteiger partial charge on any atom is 0.316 e. The molecule has 1 unspecified atom stereocenters. The quantitative estimate of drug-likeness (QED) is 0.752. The second kappa shape index (κ2) is 5.78. The van der Waals surface area contributed by atoms with E-state index in [2.05, 4.69) is 12.6 Å². The van der Waals surface area contributed by atoms with Crippen LogP contribution in [0.25, 0.3) is 0 Å². The minimum absolute atomic E-state index is 0.436. The van der Waals surface area contributed by atoms with Gasteiger partial charge in [-0.3, -0.25) is 4.79 Å². The molecule has 0 saturated heterocycles. The number of aliphatic carboxylic acids is 1. The van der Waals surface area contributed by atoms with E-state index in [0.29, 0.717) is 13.0 Å². The first-order valence-electron chi connectivity index (χ1n) is 4.61. The van der Waals surface area contributed by atoms with E-state index in [1.165, 1.54) is 0 Å². The van der Waals surface area contributed by atoms with E-state index in [1.54, 1.807) is 7.11 Å². The lowest BCUT2D eigenvalue weighted by Crippen LogP contribution is -2.16. The lowest BCUT2D eigenvalue weighted by atomic mass is 10.1. The minimum Gasteiger partial charge on any atom is -0.480 e. The molecular weight excluding hydrogens is 212 g/mol. The van der Waals surface area contributed by atoms with E-state index in [9.17, 15) is 4.79 Å². The van der Waals surface area contributed by atoms with Crippen molar-refractivity contribution in [2.75, 3.05) is 7.11 Å². The number of hydrogen-bond donors (Lipinski definition) is 2. The smallest absolute Gasteiger partial charge is 0.316 e. The molecule has 0 fully saturated rings. The van der Waals surface area contributed by atoms with Crippen LogP contribution in [-0.2, 0) is 22.6 Å². The van der Waals surface area contributed by atoms with Gasteiger partial charge in [0, 0.05) is 7.11 Å². The largest absolute Gasteiger partial charge is 0.480 e. The van der Waals surface area contributed by atoms with Gasteiger partial charge < -0.3 is 9.84 Å². The number of methoxy groups -OCH3 is 1. The molecule has 0 aliphatic carbocycles. The highest BCUT2D eigenvalue weighted by atomic mass is 32.1. The van der Waals surface area contributed by atoms with Gasteiger partial charge in [0.25, 0.3) is 0 Å². The Balaban J connectivity index is 2.60. The van der Waals surface area contributed by atoms with E-state index in [1.807, 2.05) is 24.3 Å². The molecule has 3 nitrogen and oxygen atoms in total. The summed E-state index contributed by atoms with van der Waals surface area (Å²) in [6.45, 7) is 0.573. The molecule has 0 spiro atoms. The van der Waals surface area contributed by atoms with Crippen LogP contribution in [0.5, 0.6) is 0 Å². The van der Waals surface area contributed by atoms with Crippen LogP contribution in [0.15, 0.2) is 24.3 Å². The standard InChI is InChI=1S/C11H14O3S/c1-14-7-9-4-2-8(3-5-9)6-10(15)11(12)13/h2-5,10,15H,6-7H2,1H3,(H,12,13). The van der Waals surface area contributed by atoms with Crippen LogP contribution in [0.1, 0.15) is 11.1 Å². The highest BCUT2D eigenvalue weighted by Crippen LogP contribution is 2.10. The van der Waals surface area contributed by atoms with Crippen LogP contribution in [-0.4, -0.2) is 23.4 Å². The third kappa shape index (κ3) is 3.93. The number of rotatable bonds is 5. The first-order chi connectivity index (χ1) is 7.13. The van der Waals surface area contributed by atoms with Gasteiger partial charge in [-0.25, -0.2) is 0 Å². The highest BCUT2D eigenvalue weighted by Gasteiger charge is 2.12. The van der Waals surface area contributed by atoms with Crippen molar-refractivity contribution in [1.82, 2.24) is 0 Å². The Kier molecular flexibility index (Phi) is 4.65. The molecule has 1 N–H and O–H groups in total. The van der Waals surface area contributed by atoms with Gasteiger partial charge in [-0.15, -0.1) is 0 Å². The van der Waals surface area contributed by atoms with Crippen molar-refractivity contribution in [3.63, 3.8) is 0 Å². The molecule has 0 aromatic heterocycles. The number of hydrogen-bond acceptors (Lipinski definition) is 3.